The van der Waals surface area contributed by atoms with Crippen LogP contribution in [-0.4, -0.2) is 13.2 Å². The molecule has 4 heteroatoms. The van der Waals surface area contributed by atoms with E-state index in [1.165, 1.54) is 0 Å². The number of methoxy groups -OCH3 is 1. The lowest BCUT2D eigenvalue weighted by Gasteiger charge is -2.16. The first kappa shape index (κ1) is 15.5. The molecule has 0 heterocycles. The van der Waals surface area contributed by atoms with E-state index >= 15 is 0 Å². The molecule has 1 N–H and O–H groups in total. The second kappa shape index (κ2) is 7.23. The van der Waals surface area contributed by atoms with Crippen LogP contribution in [0.3, 0.4) is 0 Å². The highest BCUT2D eigenvalue weighted by molar-refractivity contribution is 6.31. The Labute approximate surface area is 130 Å². The summed E-state index contributed by atoms with van der Waals surface area (Å²) in [6, 6.07) is 13.7. The van der Waals surface area contributed by atoms with Crippen LogP contribution in [0.1, 0.15) is 19.4 Å². The van der Waals surface area contributed by atoms with Crippen LogP contribution < -0.4 is 14.8 Å². The zero-order chi connectivity index (χ0) is 15.2. The molecule has 2 aromatic carbocycles. The molecule has 0 aliphatic heterocycles. The Morgan fingerprint density at radius 2 is 1.81 bits per heavy atom. The Kier molecular flexibility index (Phi) is 5.34. The van der Waals surface area contributed by atoms with Gasteiger partial charge in [-0.3, -0.25) is 0 Å². The van der Waals surface area contributed by atoms with E-state index in [9.17, 15) is 0 Å². The molecule has 2 rings (SSSR count). The lowest BCUT2D eigenvalue weighted by Crippen LogP contribution is -2.08. The molecule has 0 amide bonds. The van der Waals surface area contributed by atoms with E-state index in [0.717, 1.165) is 11.3 Å². The highest BCUT2D eigenvalue weighted by atomic mass is 35.5. The number of ether oxygens (including phenoxy) is 2. The van der Waals surface area contributed by atoms with Crippen LogP contribution in [0.25, 0.3) is 0 Å². The van der Waals surface area contributed by atoms with Crippen LogP contribution in [0.15, 0.2) is 42.5 Å². The van der Waals surface area contributed by atoms with Crippen molar-refractivity contribution in [3.05, 3.63) is 53.1 Å². The van der Waals surface area contributed by atoms with Gasteiger partial charge in [0.25, 0.3) is 0 Å². The van der Waals surface area contributed by atoms with E-state index in [2.05, 4.69) is 5.32 Å². The average Bonchev–Trinajstić information content (AvgIpc) is 2.47. The summed E-state index contributed by atoms with van der Waals surface area (Å²) in [6.07, 6.45) is 0.0725. The molecule has 0 aliphatic carbocycles. The highest BCUT2D eigenvalue weighted by Gasteiger charge is 2.11. The fraction of sp³-hybridized carbons (Fsp3) is 0.294. The molecule has 0 aliphatic rings. The first-order chi connectivity index (χ1) is 10.1. The van der Waals surface area contributed by atoms with E-state index in [1.807, 2.05) is 56.3 Å². The lowest BCUT2D eigenvalue weighted by atomic mass is 10.2. The summed E-state index contributed by atoms with van der Waals surface area (Å²) in [5.74, 6) is 1.36. The minimum atomic E-state index is 0.0725. The number of rotatable bonds is 6. The van der Waals surface area contributed by atoms with Gasteiger partial charge in [0.15, 0.2) is 11.5 Å². The molecule has 0 spiro atoms. The third-order valence-electron chi connectivity index (χ3n) is 2.95. The van der Waals surface area contributed by atoms with E-state index in [0.29, 0.717) is 23.1 Å². The fourth-order valence-electron chi connectivity index (χ4n) is 1.97. The third-order valence-corrected chi connectivity index (χ3v) is 3.30. The fourth-order valence-corrected chi connectivity index (χ4v) is 2.19. The van der Waals surface area contributed by atoms with Crippen LogP contribution in [0.4, 0.5) is 5.69 Å². The standard InChI is InChI=1S/C17H20ClNO2/c1-12(2)21-17-10-15(18)13(9-16(17)20-3)11-19-14-7-5-4-6-8-14/h4-10,12,19H,11H2,1-3H3. The number of anilines is 1. The predicted molar refractivity (Wildman–Crippen MR) is 87.5 cm³/mol. The normalized spacial score (nSPS) is 10.5. The maximum absolute atomic E-state index is 6.33. The van der Waals surface area contributed by atoms with Crippen LogP contribution in [0, 0.1) is 0 Å². The number of nitrogens with one attached hydrogen (secondary N) is 1. The lowest BCUT2D eigenvalue weighted by molar-refractivity contribution is 0.230. The molecule has 0 radical (unpaired) electrons. The van der Waals surface area contributed by atoms with Gasteiger partial charge in [0.2, 0.25) is 0 Å². The van der Waals surface area contributed by atoms with Crippen molar-refractivity contribution in [1.82, 2.24) is 0 Å². The zero-order valence-corrected chi connectivity index (χ0v) is 13.3. The van der Waals surface area contributed by atoms with E-state index < -0.39 is 0 Å². The summed E-state index contributed by atoms with van der Waals surface area (Å²) in [4.78, 5) is 0. The minimum absolute atomic E-state index is 0.0725. The van der Waals surface area contributed by atoms with Crippen molar-refractivity contribution in [2.75, 3.05) is 12.4 Å². The zero-order valence-electron chi connectivity index (χ0n) is 12.5. The summed E-state index contributed by atoms with van der Waals surface area (Å²) in [5, 5.41) is 3.99. The van der Waals surface area contributed by atoms with Gasteiger partial charge < -0.3 is 14.8 Å². The third kappa shape index (κ3) is 4.30. The summed E-state index contributed by atoms with van der Waals surface area (Å²) in [5.41, 5.74) is 2.02. The van der Waals surface area contributed by atoms with Gasteiger partial charge in [0.1, 0.15) is 0 Å². The molecule has 0 saturated carbocycles. The summed E-state index contributed by atoms with van der Waals surface area (Å²) in [7, 11) is 1.63. The number of para-hydroxylation sites is 1. The smallest absolute Gasteiger partial charge is 0.163 e. The molecule has 2 aromatic rings. The Hall–Kier alpha value is -1.87. The number of benzene rings is 2. The van der Waals surface area contributed by atoms with Gasteiger partial charge in [0, 0.05) is 23.3 Å². The minimum Gasteiger partial charge on any atom is -0.493 e. The average molecular weight is 306 g/mol. The number of hydrogen-bond acceptors (Lipinski definition) is 3. The maximum atomic E-state index is 6.33. The maximum Gasteiger partial charge on any atom is 0.163 e. The molecule has 3 nitrogen and oxygen atoms in total. The van der Waals surface area contributed by atoms with E-state index in [1.54, 1.807) is 7.11 Å². The quantitative estimate of drug-likeness (QED) is 0.835. The largest absolute Gasteiger partial charge is 0.493 e. The molecule has 0 bridgehead atoms. The number of halogens is 1. The van der Waals surface area contributed by atoms with Gasteiger partial charge >= 0.3 is 0 Å². The molecule has 0 saturated heterocycles. The Morgan fingerprint density at radius 3 is 2.43 bits per heavy atom. The van der Waals surface area contributed by atoms with Gasteiger partial charge in [-0.15, -0.1) is 0 Å². The monoisotopic (exact) mass is 305 g/mol. The molecule has 0 fully saturated rings. The van der Waals surface area contributed by atoms with Gasteiger partial charge in [0.05, 0.1) is 13.2 Å². The van der Waals surface area contributed by atoms with Crippen LogP contribution in [0.2, 0.25) is 5.02 Å². The summed E-state index contributed by atoms with van der Waals surface area (Å²) in [6.45, 7) is 4.57. The van der Waals surface area contributed by atoms with Crippen LogP contribution in [-0.2, 0) is 6.54 Å². The van der Waals surface area contributed by atoms with Crippen molar-refractivity contribution in [2.45, 2.75) is 26.5 Å². The van der Waals surface area contributed by atoms with Crippen molar-refractivity contribution >= 4 is 17.3 Å². The van der Waals surface area contributed by atoms with Crippen molar-refractivity contribution in [3.8, 4) is 11.5 Å². The van der Waals surface area contributed by atoms with Gasteiger partial charge in [-0.2, -0.15) is 0 Å². The molecule has 0 aromatic heterocycles. The van der Waals surface area contributed by atoms with Crippen molar-refractivity contribution in [3.63, 3.8) is 0 Å². The van der Waals surface area contributed by atoms with Crippen molar-refractivity contribution in [2.24, 2.45) is 0 Å². The Balaban J connectivity index is 2.16. The molecule has 0 unspecified atom stereocenters. The molecule has 0 atom stereocenters. The second-order valence-electron chi connectivity index (χ2n) is 4.98. The van der Waals surface area contributed by atoms with Gasteiger partial charge in [-0.25, -0.2) is 0 Å². The van der Waals surface area contributed by atoms with E-state index in [4.69, 9.17) is 21.1 Å². The molecule has 21 heavy (non-hydrogen) atoms. The molecule has 112 valence electrons. The topological polar surface area (TPSA) is 30.5 Å². The summed E-state index contributed by atoms with van der Waals surface area (Å²) < 4.78 is 11.1. The first-order valence-electron chi connectivity index (χ1n) is 6.92. The van der Waals surface area contributed by atoms with Crippen molar-refractivity contribution < 1.29 is 9.47 Å². The molecular weight excluding hydrogens is 286 g/mol. The molecular formula is C17H20ClNO2. The van der Waals surface area contributed by atoms with Gasteiger partial charge in [-0.1, -0.05) is 29.8 Å². The summed E-state index contributed by atoms with van der Waals surface area (Å²) >= 11 is 6.33. The van der Waals surface area contributed by atoms with Crippen LogP contribution in [0.5, 0.6) is 11.5 Å². The van der Waals surface area contributed by atoms with E-state index in [-0.39, 0.29) is 6.10 Å². The van der Waals surface area contributed by atoms with Crippen molar-refractivity contribution in [1.29, 1.82) is 0 Å². The van der Waals surface area contributed by atoms with Crippen LogP contribution >= 0.6 is 11.6 Å². The second-order valence-corrected chi connectivity index (χ2v) is 5.39. The Bertz CT molecular complexity index is 585. The first-order valence-corrected chi connectivity index (χ1v) is 7.30. The highest BCUT2D eigenvalue weighted by Crippen LogP contribution is 2.34. The Morgan fingerprint density at radius 1 is 1.10 bits per heavy atom. The number of hydrogen-bond donors (Lipinski definition) is 1. The van der Waals surface area contributed by atoms with Gasteiger partial charge in [-0.05, 0) is 37.6 Å². The SMILES string of the molecule is COc1cc(CNc2ccccc2)c(Cl)cc1OC(C)C. The predicted octanol–water partition coefficient (Wildman–Crippen LogP) is 4.75.